The minimum atomic E-state index is -0.995. The summed E-state index contributed by atoms with van der Waals surface area (Å²) in [6.45, 7) is -0.664. The fourth-order valence-electron chi connectivity index (χ4n) is 1.70. The van der Waals surface area contributed by atoms with Gasteiger partial charge in [-0.2, -0.15) is 0 Å². The number of ketones is 1. The number of halogens is 2. The van der Waals surface area contributed by atoms with Crippen molar-refractivity contribution in [2.45, 2.75) is 0 Å². The molecule has 0 spiro atoms. The number of hydrogen-bond acceptors (Lipinski definition) is 5. The Labute approximate surface area is 133 Å². The molecule has 0 saturated carbocycles. The molecular formula is C15H10BrFO5. The lowest BCUT2D eigenvalue weighted by Crippen LogP contribution is -2.15. The molecule has 0 radical (unpaired) electrons. The van der Waals surface area contributed by atoms with Crippen LogP contribution in [-0.4, -0.2) is 28.6 Å². The molecule has 0 unspecified atom stereocenters. The standard InChI is InChI=1S/C15H10BrFO5/c16-8-1-4-12(17)11(5-8)15(21)22-7-14(20)10-3-2-9(18)6-13(10)19/h1-6,18-19H,7H2. The molecule has 0 saturated heterocycles. The molecule has 0 bridgehead atoms. The molecule has 0 aliphatic rings. The summed E-state index contributed by atoms with van der Waals surface area (Å²) >= 11 is 3.10. The SMILES string of the molecule is O=C(COC(=O)c1cc(Br)ccc1F)c1ccc(O)cc1O. The van der Waals surface area contributed by atoms with Crippen molar-refractivity contribution >= 4 is 27.7 Å². The van der Waals surface area contributed by atoms with Crippen LogP contribution in [0.4, 0.5) is 4.39 Å². The summed E-state index contributed by atoms with van der Waals surface area (Å²) in [5.41, 5.74) is -0.419. The lowest BCUT2D eigenvalue weighted by Gasteiger charge is -2.07. The van der Waals surface area contributed by atoms with E-state index >= 15 is 0 Å². The number of carbonyl (C=O) groups excluding carboxylic acids is 2. The Morgan fingerprint density at radius 3 is 2.50 bits per heavy atom. The number of hydrogen-bond donors (Lipinski definition) is 2. The number of phenolic OH excluding ortho intramolecular Hbond substituents is 2. The van der Waals surface area contributed by atoms with Gasteiger partial charge in [-0.15, -0.1) is 0 Å². The summed E-state index contributed by atoms with van der Waals surface area (Å²) in [5, 5.41) is 18.7. The molecule has 22 heavy (non-hydrogen) atoms. The predicted octanol–water partition coefficient (Wildman–Crippen LogP) is 3.04. The topological polar surface area (TPSA) is 83.8 Å². The van der Waals surface area contributed by atoms with Crippen molar-refractivity contribution in [2.24, 2.45) is 0 Å². The minimum absolute atomic E-state index is 0.111. The number of ether oxygens (including phenoxy) is 1. The molecule has 0 fully saturated rings. The Hall–Kier alpha value is -2.41. The van der Waals surface area contributed by atoms with Gasteiger partial charge in [0.1, 0.15) is 17.3 Å². The summed E-state index contributed by atoms with van der Waals surface area (Å²) < 4.78 is 18.7. The molecule has 0 atom stereocenters. The van der Waals surface area contributed by atoms with Gasteiger partial charge in [0, 0.05) is 10.5 Å². The maximum absolute atomic E-state index is 13.5. The quantitative estimate of drug-likeness (QED) is 0.640. The second kappa shape index (κ2) is 6.57. The largest absolute Gasteiger partial charge is 0.508 e. The number of carbonyl (C=O) groups is 2. The third-order valence-electron chi connectivity index (χ3n) is 2.76. The maximum Gasteiger partial charge on any atom is 0.341 e. The van der Waals surface area contributed by atoms with E-state index in [0.717, 1.165) is 12.1 Å². The molecule has 5 nitrogen and oxygen atoms in total. The zero-order valence-corrected chi connectivity index (χ0v) is 12.6. The Morgan fingerprint density at radius 2 is 1.82 bits per heavy atom. The van der Waals surface area contributed by atoms with E-state index in [0.29, 0.717) is 4.47 Å². The van der Waals surface area contributed by atoms with Crippen LogP contribution in [0.5, 0.6) is 11.5 Å². The van der Waals surface area contributed by atoms with E-state index in [1.165, 1.54) is 24.3 Å². The van der Waals surface area contributed by atoms with E-state index in [2.05, 4.69) is 15.9 Å². The molecule has 0 aliphatic carbocycles. The first kappa shape index (κ1) is 16.0. The highest BCUT2D eigenvalue weighted by Gasteiger charge is 2.17. The average molecular weight is 369 g/mol. The number of benzene rings is 2. The van der Waals surface area contributed by atoms with Crippen molar-refractivity contribution < 1.29 is 28.9 Å². The van der Waals surface area contributed by atoms with Crippen LogP contribution in [0.2, 0.25) is 0 Å². The molecule has 114 valence electrons. The van der Waals surface area contributed by atoms with E-state index in [9.17, 15) is 19.1 Å². The van der Waals surface area contributed by atoms with Gasteiger partial charge >= 0.3 is 5.97 Å². The molecule has 2 aromatic rings. The smallest absolute Gasteiger partial charge is 0.341 e. The molecular weight excluding hydrogens is 359 g/mol. The molecule has 7 heteroatoms. The molecule has 2 N–H and O–H groups in total. The predicted molar refractivity (Wildman–Crippen MR) is 78.5 cm³/mol. The second-order valence-corrected chi connectivity index (χ2v) is 5.24. The van der Waals surface area contributed by atoms with Crippen molar-refractivity contribution in [2.75, 3.05) is 6.61 Å². The van der Waals surface area contributed by atoms with Crippen LogP contribution < -0.4 is 0 Å². The lowest BCUT2D eigenvalue weighted by molar-refractivity contribution is 0.0469. The van der Waals surface area contributed by atoms with Crippen LogP contribution in [0, 0.1) is 5.82 Å². The first-order valence-electron chi connectivity index (χ1n) is 6.06. The normalized spacial score (nSPS) is 10.3. The highest BCUT2D eigenvalue weighted by molar-refractivity contribution is 9.10. The number of esters is 1. The number of aromatic hydroxyl groups is 2. The summed E-state index contributed by atoms with van der Waals surface area (Å²) in [6.07, 6.45) is 0. The van der Waals surface area contributed by atoms with E-state index in [4.69, 9.17) is 9.84 Å². The highest BCUT2D eigenvalue weighted by Crippen LogP contribution is 2.23. The average Bonchev–Trinajstić information content (AvgIpc) is 2.47. The monoisotopic (exact) mass is 368 g/mol. The summed E-state index contributed by atoms with van der Waals surface area (Å²) in [5.74, 6) is -3.09. The van der Waals surface area contributed by atoms with Gasteiger partial charge in [-0.25, -0.2) is 9.18 Å². The summed E-state index contributed by atoms with van der Waals surface area (Å²) in [4.78, 5) is 23.6. The number of rotatable bonds is 4. The van der Waals surface area contributed by atoms with Gasteiger partial charge in [-0.1, -0.05) is 15.9 Å². The van der Waals surface area contributed by atoms with Crippen LogP contribution in [0.3, 0.4) is 0 Å². The van der Waals surface area contributed by atoms with E-state index < -0.39 is 29.9 Å². The number of phenols is 2. The Morgan fingerprint density at radius 1 is 1.09 bits per heavy atom. The zero-order chi connectivity index (χ0) is 16.3. The second-order valence-electron chi connectivity index (χ2n) is 4.32. The Kier molecular flexibility index (Phi) is 4.77. The molecule has 0 aliphatic heterocycles. The molecule has 0 heterocycles. The Bertz CT molecular complexity index is 745. The van der Waals surface area contributed by atoms with Gasteiger partial charge in [0.25, 0.3) is 0 Å². The van der Waals surface area contributed by atoms with E-state index in [1.54, 1.807) is 0 Å². The van der Waals surface area contributed by atoms with Crippen LogP contribution in [0.15, 0.2) is 40.9 Å². The molecule has 0 aromatic heterocycles. The zero-order valence-electron chi connectivity index (χ0n) is 11.0. The van der Waals surface area contributed by atoms with Gasteiger partial charge in [0.05, 0.1) is 11.1 Å². The van der Waals surface area contributed by atoms with Crippen molar-refractivity contribution in [1.29, 1.82) is 0 Å². The van der Waals surface area contributed by atoms with Gasteiger partial charge < -0.3 is 14.9 Å². The van der Waals surface area contributed by atoms with E-state index in [-0.39, 0.29) is 16.9 Å². The Balaban J connectivity index is 2.07. The van der Waals surface area contributed by atoms with E-state index in [1.807, 2.05) is 0 Å². The van der Waals surface area contributed by atoms with Gasteiger partial charge in [-0.3, -0.25) is 4.79 Å². The third kappa shape index (κ3) is 3.62. The van der Waals surface area contributed by atoms with Gasteiger partial charge in [0.2, 0.25) is 5.78 Å². The molecule has 2 rings (SSSR count). The highest BCUT2D eigenvalue weighted by atomic mass is 79.9. The van der Waals surface area contributed by atoms with Crippen LogP contribution in [0.25, 0.3) is 0 Å². The lowest BCUT2D eigenvalue weighted by atomic mass is 10.1. The van der Waals surface area contributed by atoms with Crippen molar-refractivity contribution in [1.82, 2.24) is 0 Å². The maximum atomic E-state index is 13.5. The molecule has 2 aromatic carbocycles. The first-order chi connectivity index (χ1) is 10.4. The van der Waals surface area contributed by atoms with Gasteiger partial charge in [0.15, 0.2) is 6.61 Å². The van der Waals surface area contributed by atoms with Crippen LogP contribution in [-0.2, 0) is 4.74 Å². The fraction of sp³-hybridized carbons (Fsp3) is 0.0667. The summed E-state index contributed by atoms with van der Waals surface area (Å²) in [6, 6.07) is 7.15. The first-order valence-corrected chi connectivity index (χ1v) is 6.85. The molecule has 0 amide bonds. The third-order valence-corrected chi connectivity index (χ3v) is 3.26. The number of Topliss-reactive ketones (excluding diaryl/α,β-unsaturated/α-hetero) is 1. The van der Waals surface area contributed by atoms with Crippen molar-refractivity contribution in [3.8, 4) is 11.5 Å². The van der Waals surface area contributed by atoms with Crippen molar-refractivity contribution in [3.63, 3.8) is 0 Å². The van der Waals surface area contributed by atoms with Crippen molar-refractivity contribution in [3.05, 3.63) is 57.8 Å². The van der Waals surface area contributed by atoms with Crippen LogP contribution >= 0.6 is 15.9 Å². The fourth-order valence-corrected chi connectivity index (χ4v) is 2.06. The summed E-state index contributed by atoms with van der Waals surface area (Å²) in [7, 11) is 0. The van der Waals surface area contributed by atoms with Crippen LogP contribution in [0.1, 0.15) is 20.7 Å². The van der Waals surface area contributed by atoms with Gasteiger partial charge in [-0.05, 0) is 30.3 Å². The minimum Gasteiger partial charge on any atom is -0.508 e.